The molecule has 0 amide bonds. The third-order valence-electron chi connectivity index (χ3n) is 4.12. The zero-order valence-electron chi connectivity index (χ0n) is 14.5. The van der Waals surface area contributed by atoms with Crippen LogP contribution in [-0.4, -0.2) is 34.3 Å². The first-order valence-corrected chi connectivity index (χ1v) is 8.25. The van der Waals surface area contributed by atoms with E-state index in [1.54, 1.807) is 14.2 Å². The first-order chi connectivity index (χ1) is 12.8. The molecule has 0 atom stereocenters. The van der Waals surface area contributed by atoms with Crippen LogP contribution in [0.25, 0.3) is 22.4 Å². The predicted octanol–water partition coefficient (Wildman–Crippen LogP) is 3.42. The highest BCUT2D eigenvalue weighted by atomic mass is 16.5. The van der Waals surface area contributed by atoms with Crippen molar-refractivity contribution in [2.24, 2.45) is 0 Å². The van der Waals surface area contributed by atoms with E-state index in [0.29, 0.717) is 36.1 Å². The number of hydrogen-bond donors (Lipinski definition) is 1. The van der Waals surface area contributed by atoms with E-state index in [1.165, 1.54) is 0 Å². The monoisotopic (exact) mass is 350 g/mol. The van der Waals surface area contributed by atoms with Crippen molar-refractivity contribution >= 4 is 11.0 Å². The number of para-hydroxylation sites is 2. The predicted molar refractivity (Wildman–Crippen MR) is 96.3 cm³/mol. The van der Waals surface area contributed by atoms with Gasteiger partial charge in [-0.1, -0.05) is 17.3 Å². The van der Waals surface area contributed by atoms with Crippen molar-refractivity contribution in [2.75, 3.05) is 14.2 Å². The Morgan fingerprint density at radius 3 is 2.62 bits per heavy atom. The normalized spacial score (nSPS) is 11.0. The Hall–Kier alpha value is -3.35. The molecule has 7 heteroatoms. The van der Waals surface area contributed by atoms with E-state index in [9.17, 15) is 0 Å². The molecule has 0 unspecified atom stereocenters. The van der Waals surface area contributed by atoms with Crippen LogP contribution in [0.15, 0.2) is 47.0 Å². The Balaban J connectivity index is 1.49. The van der Waals surface area contributed by atoms with Gasteiger partial charge in [0.05, 0.1) is 25.3 Å². The van der Waals surface area contributed by atoms with E-state index in [1.807, 2.05) is 42.5 Å². The second kappa shape index (κ2) is 6.87. The van der Waals surface area contributed by atoms with Gasteiger partial charge in [-0.3, -0.25) is 0 Å². The second-order valence-corrected chi connectivity index (χ2v) is 5.78. The van der Waals surface area contributed by atoms with Gasteiger partial charge in [-0.05, 0) is 30.3 Å². The average molecular weight is 350 g/mol. The van der Waals surface area contributed by atoms with Gasteiger partial charge in [0, 0.05) is 18.4 Å². The van der Waals surface area contributed by atoms with Crippen molar-refractivity contribution in [1.29, 1.82) is 0 Å². The molecule has 4 rings (SSSR count). The molecule has 0 aliphatic carbocycles. The van der Waals surface area contributed by atoms with Crippen molar-refractivity contribution in [3.63, 3.8) is 0 Å². The molecule has 0 spiro atoms. The summed E-state index contributed by atoms with van der Waals surface area (Å²) in [6.45, 7) is 0. The Bertz CT molecular complexity index is 1010. The van der Waals surface area contributed by atoms with Gasteiger partial charge in [-0.25, -0.2) is 4.98 Å². The summed E-state index contributed by atoms with van der Waals surface area (Å²) in [5.74, 6) is 3.27. The van der Waals surface area contributed by atoms with Crippen molar-refractivity contribution in [1.82, 2.24) is 20.1 Å². The molecule has 132 valence electrons. The zero-order chi connectivity index (χ0) is 17.9. The Labute approximate surface area is 150 Å². The van der Waals surface area contributed by atoms with Crippen LogP contribution < -0.4 is 9.47 Å². The number of methoxy groups -OCH3 is 2. The number of benzene rings is 2. The number of ether oxygens (including phenoxy) is 2. The first-order valence-electron chi connectivity index (χ1n) is 8.25. The van der Waals surface area contributed by atoms with Crippen LogP contribution >= 0.6 is 0 Å². The van der Waals surface area contributed by atoms with Gasteiger partial charge >= 0.3 is 0 Å². The molecule has 0 saturated carbocycles. The fourth-order valence-electron chi connectivity index (χ4n) is 2.80. The van der Waals surface area contributed by atoms with E-state index in [-0.39, 0.29) is 0 Å². The summed E-state index contributed by atoms with van der Waals surface area (Å²) in [4.78, 5) is 12.3. The minimum Gasteiger partial charge on any atom is -0.493 e. The lowest BCUT2D eigenvalue weighted by Crippen LogP contribution is -1.94. The smallest absolute Gasteiger partial charge is 0.227 e. The maximum absolute atomic E-state index is 5.37. The number of aromatic nitrogens is 4. The summed E-state index contributed by atoms with van der Waals surface area (Å²) in [6, 6.07) is 13.5. The van der Waals surface area contributed by atoms with Crippen molar-refractivity contribution in [3.8, 4) is 22.9 Å². The van der Waals surface area contributed by atoms with E-state index in [0.717, 1.165) is 22.4 Å². The number of fused-ring (bicyclic) bond motifs is 1. The lowest BCUT2D eigenvalue weighted by atomic mass is 10.2. The minimum atomic E-state index is 0.519. The third-order valence-corrected chi connectivity index (χ3v) is 4.12. The summed E-state index contributed by atoms with van der Waals surface area (Å²) in [7, 11) is 3.19. The number of imidazole rings is 1. The molecule has 0 bridgehead atoms. The van der Waals surface area contributed by atoms with Crippen LogP contribution in [0.5, 0.6) is 11.5 Å². The minimum absolute atomic E-state index is 0.519. The second-order valence-electron chi connectivity index (χ2n) is 5.78. The van der Waals surface area contributed by atoms with Crippen LogP contribution in [0.4, 0.5) is 0 Å². The molecule has 0 saturated heterocycles. The van der Waals surface area contributed by atoms with Gasteiger partial charge < -0.3 is 19.0 Å². The number of nitrogens with zero attached hydrogens (tertiary/aromatic N) is 3. The van der Waals surface area contributed by atoms with E-state index < -0.39 is 0 Å². The van der Waals surface area contributed by atoms with Crippen LogP contribution in [0, 0.1) is 0 Å². The number of hydrogen-bond acceptors (Lipinski definition) is 6. The van der Waals surface area contributed by atoms with Crippen LogP contribution in [-0.2, 0) is 12.8 Å². The molecule has 0 aliphatic rings. The maximum Gasteiger partial charge on any atom is 0.227 e. The van der Waals surface area contributed by atoms with Gasteiger partial charge in [-0.15, -0.1) is 0 Å². The summed E-state index contributed by atoms with van der Waals surface area (Å²) in [6.07, 6.45) is 1.31. The van der Waals surface area contributed by atoms with Crippen molar-refractivity contribution < 1.29 is 14.0 Å². The van der Waals surface area contributed by atoms with Crippen molar-refractivity contribution in [3.05, 3.63) is 54.2 Å². The summed E-state index contributed by atoms with van der Waals surface area (Å²) < 4.78 is 15.9. The average Bonchev–Trinajstić information content (AvgIpc) is 3.32. The van der Waals surface area contributed by atoms with Crippen molar-refractivity contribution in [2.45, 2.75) is 12.8 Å². The fraction of sp³-hybridized carbons (Fsp3) is 0.211. The Morgan fingerprint density at radius 2 is 1.81 bits per heavy atom. The molecule has 0 radical (unpaired) electrons. The third kappa shape index (κ3) is 3.11. The van der Waals surface area contributed by atoms with E-state index >= 15 is 0 Å². The van der Waals surface area contributed by atoms with Gasteiger partial charge in [0.1, 0.15) is 5.82 Å². The summed E-state index contributed by atoms with van der Waals surface area (Å²) >= 11 is 0. The highest BCUT2D eigenvalue weighted by Gasteiger charge is 2.13. The summed E-state index contributed by atoms with van der Waals surface area (Å²) in [5, 5.41) is 4.06. The van der Waals surface area contributed by atoms with E-state index in [2.05, 4.69) is 20.1 Å². The van der Waals surface area contributed by atoms with E-state index in [4.69, 9.17) is 14.0 Å². The first kappa shape index (κ1) is 16.1. The molecule has 2 aromatic heterocycles. The number of aryl methyl sites for hydroxylation is 2. The Kier molecular flexibility index (Phi) is 4.27. The fourth-order valence-corrected chi connectivity index (χ4v) is 2.80. The molecule has 7 nitrogen and oxygen atoms in total. The quantitative estimate of drug-likeness (QED) is 0.573. The maximum atomic E-state index is 5.37. The number of aromatic amines is 1. The lowest BCUT2D eigenvalue weighted by molar-refractivity contribution is 0.355. The van der Waals surface area contributed by atoms with Gasteiger partial charge in [0.15, 0.2) is 11.5 Å². The molecule has 2 aromatic carbocycles. The SMILES string of the molecule is COc1ccc(-c2noc(CCc3nc4ccccc4[nH]3)n2)cc1OC. The zero-order valence-corrected chi connectivity index (χ0v) is 14.5. The molecule has 0 aliphatic heterocycles. The van der Waals surface area contributed by atoms with Gasteiger partial charge in [-0.2, -0.15) is 4.98 Å². The summed E-state index contributed by atoms with van der Waals surface area (Å²) in [5.41, 5.74) is 2.79. The molecule has 4 aromatic rings. The van der Waals surface area contributed by atoms with Gasteiger partial charge in [0.2, 0.25) is 11.7 Å². The van der Waals surface area contributed by atoms with Crippen LogP contribution in [0.2, 0.25) is 0 Å². The molecule has 1 N–H and O–H groups in total. The standard InChI is InChI=1S/C19H18N4O3/c1-24-15-8-7-12(11-16(15)25-2)19-22-18(26-23-19)10-9-17-20-13-5-3-4-6-14(13)21-17/h3-8,11H,9-10H2,1-2H3,(H,20,21). The number of nitrogens with one attached hydrogen (secondary N) is 1. The number of rotatable bonds is 6. The molecule has 0 fully saturated rings. The molecule has 26 heavy (non-hydrogen) atoms. The molecular formula is C19H18N4O3. The topological polar surface area (TPSA) is 86.1 Å². The highest BCUT2D eigenvalue weighted by Crippen LogP contribution is 2.31. The van der Waals surface area contributed by atoms with Gasteiger partial charge in [0.25, 0.3) is 0 Å². The van der Waals surface area contributed by atoms with Crippen LogP contribution in [0.3, 0.4) is 0 Å². The molecular weight excluding hydrogens is 332 g/mol. The molecule has 2 heterocycles. The number of H-pyrrole nitrogens is 1. The lowest BCUT2D eigenvalue weighted by Gasteiger charge is -2.07. The van der Waals surface area contributed by atoms with Crippen LogP contribution in [0.1, 0.15) is 11.7 Å². The highest BCUT2D eigenvalue weighted by molar-refractivity contribution is 5.74. The largest absolute Gasteiger partial charge is 0.493 e. The Morgan fingerprint density at radius 1 is 0.962 bits per heavy atom.